The Labute approximate surface area is 176 Å². The number of alkyl halides is 3. The van der Waals surface area contributed by atoms with Crippen molar-refractivity contribution in [2.45, 2.75) is 26.1 Å². The molecule has 0 bridgehead atoms. The van der Waals surface area contributed by atoms with E-state index in [1.165, 1.54) is 23.1 Å². The fourth-order valence-electron chi connectivity index (χ4n) is 2.79. The number of hydrogen-bond acceptors (Lipinski definition) is 6. The van der Waals surface area contributed by atoms with Crippen LogP contribution in [0.2, 0.25) is 0 Å². The van der Waals surface area contributed by atoms with E-state index >= 15 is 0 Å². The van der Waals surface area contributed by atoms with Crippen LogP contribution in [-0.4, -0.2) is 51.0 Å². The van der Waals surface area contributed by atoms with Crippen LogP contribution in [0.25, 0.3) is 5.69 Å². The van der Waals surface area contributed by atoms with E-state index in [1.54, 1.807) is 37.1 Å². The van der Waals surface area contributed by atoms with Crippen molar-refractivity contribution in [3.8, 4) is 11.4 Å². The lowest BCUT2D eigenvalue weighted by Gasteiger charge is -2.10. The van der Waals surface area contributed by atoms with E-state index < -0.39 is 6.36 Å². The maximum absolute atomic E-state index is 12.5. The molecular weight excluding hydrogens is 413 g/mol. The highest BCUT2D eigenvalue weighted by atomic mass is 19.4. The molecule has 0 aliphatic carbocycles. The van der Waals surface area contributed by atoms with Gasteiger partial charge in [-0.3, -0.25) is 9.78 Å². The largest absolute Gasteiger partial charge is 0.573 e. The highest BCUT2D eigenvalue weighted by molar-refractivity contribution is 5.75. The summed E-state index contributed by atoms with van der Waals surface area (Å²) in [5.41, 5.74) is 1.71. The monoisotopic (exact) mass is 434 g/mol. The van der Waals surface area contributed by atoms with Gasteiger partial charge in [0.15, 0.2) is 0 Å². The number of hydrogen-bond donors (Lipinski definition) is 1. The third-order valence-electron chi connectivity index (χ3n) is 4.27. The molecule has 0 atom stereocenters. The Hall–Kier alpha value is -3.63. The summed E-state index contributed by atoms with van der Waals surface area (Å²) < 4.78 is 43.0. The lowest BCUT2D eigenvalue weighted by molar-refractivity contribution is -0.274. The van der Waals surface area contributed by atoms with Gasteiger partial charge in [-0.2, -0.15) is 4.98 Å². The lowest BCUT2D eigenvalue weighted by atomic mass is 10.2. The first-order chi connectivity index (χ1) is 14.6. The second-order valence-electron chi connectivity index (χ2n) is 6.86. The maximum Gasteiger partial charge on any atom is 0.573 e. The molecule has 0 aliphatic heterocycles. The lowest BCUT2D eigenvalue weighted by Crippen LogP contribution is -2.22. The Balaban J connectivity index is 1.89. The Kier molecular flexibility index (Phi) is 6.42. The summed E-state index contributed by atoms with van der Waals surface area (Å²) in [6, 6.07) is 8.94. The van der Waals surface area contributed by atoms with Crippen molar-refractivity contribution in [3.63, 3.8) is 0 Å². The average molecular weight is 434 g/mol. The molecule has 164 valence electrons. The van der Waals surface area contributed by atoms with E-state index in [4.69, 9.17) is 0 Å². The first kappa shape index (κ1) is 22.1. The number of anilines is 2. The van der Waals surface area contributed by atoms with E-state index in [-0.39, 0.29) is 24.0 Å². The highest BCUT2D eigenvalue weighted by Crippen LogP contribution is 2.26. The minimum atomic E-state index is -4.79. The summed E-state index contributed by atoms with van der Waals surface area (Å²) in [6.07, 6.45) is -2.60. The third kappa shape index (κ3) is 5.93. The number of nitrogens with zero attached hydrogens (tertiary/aromatic N) is 5. The van der Waals surface area contributed by atoms with Gasteiger partial charge in [0.05, 0.1) is 11.4 Å². The molecule has 0 spiro atoms. The van der Waals surface area contributed by atoms with E-state index in [0.29, 0.717) is 29.3 Å². The maximum atomic E-state index is 12.5. The summed E-state index contributed by atoms with van der Waals surface area (Å²) in [6.45, 7) is 1.82. The van der Waals surface area contributed by atoms with E-state index in [0.717, 1.165) is 0 Å². The number of rotatable bonds is 7. The van der Waals surface area contributed by atoms with Crippen LogP contribution in [0.3, 0.4) is 0 Å². The van der Waals surface area contributed by atoms with Crippen LogP contribution in [0, 0.1) is 6.92 Å². The molecular formula is C20H21F3N6O2. The predicted molar refractivity (Wildman–Crippen MR) is 107 cm³/mol. The summed E-state index contributed by atoms with van der Waals surface area (Å²) in [5, 5.41) is 7.31. The predicted octanol–water partition coefficient (Wildman–Crippen LogP) is 3.63. The van der Waals surface area contributed by atoms with Gasteiger partial charge in [0.25, 0.3) is 0 Å². The highest BCUT2D eigenvalue weighted by Gasteiger charge is 2.31. The van der Waals surface area contributed by atoms with Gasteiger partial charge in [-0.05, 0) is 31.2 Å². The molecule has 0 saturated heterocycles. The van der Waals surface area contributed by atoms with Crippen LogP contribution < -0.4 is 10.1 Å². The van der Waals surface area contributed by atoms with Gasteiger partial charge < -0.3 is 15.0 Å². The van der Waals surface area contributed by atoms with Crippen molar-refractivity contribution in [1.29, 1.82) is 0 Å². The van der Waals surface area contributed by atoms with Crippen molar-refractivity contribution in [2.75, 3.05) is 19.4 Å². The normalized spacial score (nSPS) is 11.3. The molecule has 0 radical (unpaired) electrons. The molecule has 31 heavy (non-hydrogen) atoms. The van der Waals surface area contributed by atoms with Gasteiger partial charge in [-0.25, -0.2) is 4.68 Å². The summed E-state index contributed by atoms with van der Waals surface area (Å²) in [4.78, 5) is 22.2. The number of ether oxygens (including phenoxy) is 1. The SMILES string of the molecule is Cc1ncccc1-n1nc(Nc2cccc(OC(F)(F)F)c2)nc1CCC(=O)N(C)C. The summed E-state index contributed by atoms with van der Waals surface area (Å²) in [5.74, 6) is 0.247. The number of aromatic nitrogens is 4. The van der Waals surface area contributed by atoms with Gasteiger partial charge in [0, 0.05) is 44.9 Å². The number of pyridine rings is 1. The first-order valence-electron chi connectivity index (χ1n) is 9.33. The molecule has 2 heterocycles. The molecule has 0 aliphatic rings. The van der Waals surface area contributed by atoms with Crippen molar-refractivity contribution in [2.24, 2.45) is 0 Å². The second-order valence-corrected chi connectivity index (χ2v) is 6.86. The number of carbonyl (C=O) groups excluding carboxylic acids is 1. The Morgan fingerprint density at radius 2 is 2.00 bits per heavy atom. The summed E-state index contributed by atoms with van der Waals surface area (Å²) in [7, 11) is 3.34. The van der Waals surface area contributed by atoms with E-state index in [2.05, 4.69) is 25.1 Å². The molecule has 2 aromatic heterocycles. The Morgan fingerprint density at radius 3 is 2.68 bits per heavy atom. The fourth-order valence-corrected chi connectivity index (χ4v) is 2.79. The van der Waals surface area contributed by atoms with Crippen molar-refractivity contribution in [3.05, 3.63) is 54.1 Å². The number of aryl methyl sites for hydroxylation is 2. The Bertz CT molecular complexity index is 1070. The van der Waals surface area contributed by atoms with Crippen LogP contribution in [0.1, 0.15) is 17.9 Å². The molecule has 0 fully saturated rings. The molecule has 1 N–H and O–H groups in total. The topological polar surface area (TPSA) is 85.2 Å². The molecule has 0 unspecified atom stereocenters. The van der Waals surface area contributed by atoms with Crippen molar-refractivity contribution in [1.82, 2.24) is 24.6 Å². The van der Waals surface area contributed by atoms with Crippen molar-refractivity contribution >= 4 is 17.5 Å². The molecule has 1 amide bonds. The molecule has 3 aromatic rings. The van der Waals surface area contributed by atoms with Gasteiger partial charge in [-0.15, -0.1) is 18.3 Å². The van der Waals surface area contributed by atoms with Gasteiger partial charge in [-0.1, -0.05) is 6.07 Å². The van der Waals surface area contributed by atoms with Crippen LogP contribution in [-0.2, 0) is 11.2 Å². The number of halogens is 3. The standard InChI is InChI=1S/C20H21F3N6O2/c1-13-16(8-5-11-24-13)29-17(9-10-18(30)28(2)3)26-19(27-29)25-14-6-4-7-15(12-14)31-20(21,22)23/h4-8,11-12H,9-10H2,1-3H3,(H,25,27). The van der Waals surface area contributed by atoms with Crippen molar-refractivity contribution < 1.29 is 22.7 Å². The number of nitrogens with one attached hydrogen (secondary N) is 1. The first-order valence-corrected chi connectivity index (χ1v) is 9.33. The van der Waals surface area contributed by atoms with Crippen LogP contribution in [0.4, 0.5) is 24.8 Å². The van der Waals surface area contributed by atoms with Crippen LogP contribution in [0.5, 0.6) is 5.75 Å². The van der Waals surface area contributed by atoms with E-state index in [9.17, 15) is 18.0 Å². The molecule has 8 nitrogen and oxygen atoms in total. The molecule has 1 aromatic carbocycles. The quantitative estimate of drug-likeness (QED) is 0.611. The zero-order valence-corrected chi connectivity index (χ0v) is 17.1. The van der Waals surface area contributed by atoms with Gasteiger partial charge >= 0.3 is 6.36 Å². The Morgan fingerprint density at radius 1 is 1.23 bits per heavy atom. The van der Waals surface area contributed by atoms with Gasteiger partial charge in [0.2, 0.25) is 11.9 Å². The molecule has 3 rings (SSSR count). The minimum Gasteiger partial charge on any atom is -0.406 e. The zero-order valence-electron chi connectivity index (χ0n) is 17.1. The van der Waals surface area contributed by atoms with Crippen LogP contribution >= 0.6 is 0 Å². The molecule has 11 heteroatoms. The second kappa shape index (κ2) is 9.02. The number of benzene rings is 1. The molecule has 0 saturated carbocycles. The smallest absolute Gasteiger partial charge is 0.406 e. The zero-order chi connectivity index (χ0) is 22.6. The third-order valence-corrected chi connectivity index (χ3v) is 4.27. The minimum absolute atomic E-state index is 0.0658. The average Bonchev–Trinajstić information content (AvgIpc) is 3.07. The van der Waals surface area contributed by atoms with E-state index in [1.807, 2.05) is 13.0 Å². The summed E-state index contributed by atoms with van der Waals surface area (Å²) >= 11 is 0. The number of carbonyl (C=O) groups is 1. The fraction of sp³-hybridized carbons (Fsp3) is 0.300. The van der Waals surface area contributed by atoms with Gasteiger partial charge in [0.1, 0.15) is 11.6 Å². The van der Waals surface area contributed by atoms with Crippen LogP contribution in [0.15, 0.2) is 42.6 Å². The number of amides is 1.